The molecule has 1 atom stereocenters. The van der Waals surface area contributed by atoms with Crippen LogP contribution in [0.25, 0.3) is 0 Å². The molecule has 202 valence electrons. The zero-order chi connectivity index (χ0) is 27.5. The van der Waals surface area contributed by atoms with Gasteiger partial charge in [0.05, 0.1) is 36.0 Å². The third kappa shape index (κ3) is 5.51. The third-order valence-electron chi connectivity index (χ3n) is 6.58. The van der Waals surface area contributed by atoms with Crippen LogP contribution in [-0.4, -0.2) is 49.3 Å². The standard InChI is InChI=1S/C28H25ClF2N4O4/c1-38-24-12-9-17(14-25(24)39-28(30)31)16-32-34-13-5-4-8-23(34)27(37)35-21-7-3-2-6-19(21)26(36)33-20-15-18(29)10-11-22(20)35/h2-3,6-7,9-12,14-16,23,28H,4-5,8,13H2,1H3,(H,33,36)/b32-16+. The van der Waals surface area contributed by atoms with E-state index in [1.54, 1.807) is 58.4 Å². The number of hydrogen-bond acceptors (Lipinski definition) is 6. The molecule has 3 aromatic carbocycles. The Hall–Kier alpha value is -4.18. The fraction of sp³-hybridized carbons (Fsp3) is 0.250. The topological polar surface area (TPSA) is 83.5 Å². The van der Waals surface area contributed by atoms with Gasteiger partial charge in [-0.05, 0) is 73.4 Å². The van der Waals surface area contributed by atoms with Gasteiger partial charge in [-0.3, -0.25) is 19.5 Å². The van der Waals surface area contributed by atoms with Crippen LogP contribution < -0.4 is 19.7 Å². The highest BCUT2D eigenvalue weighted by atomic mass is 35.5. The number of methoxy groups -OCH3 is 1. The number of nitrogens with zero attached hydrogens (tertiary/aromatic N) is 3. The molecular weight excluding hydrogens is 530 g/mol. The summed E-state index contributed by atoms with van der Waals surface area (Å²) in [6, 6.07) is 15.8. The summed E-state index contributed by atoms with van der Waals surface area (Å²) in [6.07, 6.45) is 3.68. The molecule has 1 unspecified atom stereocenters. The van der Waals surface area contributed by atoms with Gasteiger partial charge in [-0.15, -0.1) is 0 Å². The zero-order valence-corrected chi connectivity index (χ0v) is 21.7. The van der Waals surface area contributed by atoms with E-state index >= 15 is 0 Å². The molecule has 2 amide bonds. The monoisotopic (exact) mass is 554 g/mol. The first-order valence-corrected chi connectivity index (χ1v) is 12.7. The van der Waals surface area contributed by atoms with E-state index < -0.39 is 12.7 Å². The Kier molecular flexibility index (Phi) is 7.65. The molecule has 0 radical (unpaired) electrons. The van der Waals surface area contributed by atoms with Gasteiger partial charge in [-0.1, -0.05) is 23.7 Å². The van der Waals surface area contributed by atoms with Gasteiger partial charge in [0.2, 0.25) is 0 Å². The lowest BCUT2D eigenvalue weighted by molar-refractivity contribution is -0.124. The molecule has 0 saturated carbocycles. The lowest BCUT2D eigenvalue weighted by Crippen LogP contribution is -2.47. The number of amides is 2. The summed E-state index contributed by atoms with van der Waals surface area (Å²) < 4.78 is 35.4. The number of alkyl halides is 2. The Bertz CT molecular complexity index is 1430. The average Bonchev–Trinajstić information content (AvgIpc) is 3.05. The molecule has 0 spiro atoms. The van der Waals surface area contributed by atoms with Crippen molar-refractivity contribution in [1.82, 2.24) is 5.01 Å². The van der Waals surface area contributed by atoms with Crippen LogP contribution in [0.3, 0.4) is 0 Å². The lowest BCUT2D eigenvalue weighted by Gasteiger charge is -2.36. The van der Waals surface area contributed by atoms with E-state index in [0.717, 1.165) is 12.8 Å². The van der Waals surface area contributed by atoms with E-state index in [0.29, 0.717) is 46.2 Å². The fourth-order valence-corrected chi connectivity index (χ4v) is 4.95. The number of hydrogen-bond donors (Lipinski definition) is 1. The number of piperidine rings is 1. The highest BCUT2D eigenvalue weighted by Gasteiger charge is 2.37. The minimum absolute atomic E-state index is 0.115. The molecule has 2 aliphatic rings. The van der Waals surface area contributed by atoms with E-state index in [-0.39, 0.29) is 23.3 Å². The van der Waals surface area contributed by atoms with Gasteiger partial charge in [-0.25, -0.2) is 0 Å². The molecule has 8 nitrogen and oxygen atoms in total. The third-order valence-corrected chi connectivity index (χ3v) is 6.81. The number of ether oxygens (including phenoxy) is 2. The van der Waals surface area contributed by atoms with Crippen molar-refractivity contribution in [2.45, 2.75) is 31.9 Å². The van der Waals surface area contributed by atoms with Gasteiger partial charge in [-0.2, -0.15) is 13.9 Å². The van der Waals surface area contributed by atoms with Gasteiger partial charge in [0.25, 0.3) is 11.8 Å². The molecule has 39 heavy (non-hydrogen) atoms. The number of para-hydroxylation sites is 1. The maximum Gasteiger partial charge on any atom is 0.387 e. The number of hydrazone groups is 1. The van der Waals surface area contributed by atoms with Gasteiger partial charge in [0.15, 0.2) is 11.5 Å². The molecular formula is C28H25ClF2N4O4. The minimum Gasteiger partial charge on any atom is -0.493 e. The van der Waals surface area contributed by atoms with E-state index in [2.05, 4.69) is 15.2 Å². The van der Waals surface area contributed by atoms with Crippen molar-refractivity contribution < 1.29 is 27.8 Å². The van der Waals surface area contributed by atoms with E-state index in [1.165, 1.54) is 25.5 Å². The van der Waals surface area contributed by atoms with Crippen molar-refractivity contribution in [2.24, 2.45) is 5.10 Å². The van der Waals surface area contributed by atoms with Crippen LogP contribution in [0.15, 0.2) is 65.8 Å². The Balaban J connectivity index is 1.49. The first-order valence-electron chi connectivity index (χ1n) is 12.3. The predicted octanol–water partition coefficient (Wildman–Crippen LogP) is 6.07. The largest absolute Gasteiger partial charge is 0.493 e. The Labute approximate surface area is 228 Å². The van der Waals surface area contributed by atoms with Crippen molar-refractivity contribution in [3.8, 4) is 11.5 Å². The Morgan fingerprint density at radius 2 is 1.92 bits per heavy atom. The first kappa shape index (κ1) is 26.4. The number of fused-ring (bicyclic) bond motifs is 2. The van der Waals surface area contributed by atoms with E-state index in [4.69, 9.17) is 16.3 Å². The molecule has 0 aromatic heterocycles. The number of anilines is 3. The maximum atomic E-state index is 14.2. The number of carbonyl (C=O) groups is 2. The summed E-state index contributed by atoms with van der Waals surface area (Å²) in [5.41, 5.74) is 2.24. The minimum atomic E-state index is -3.01. The SMILES string of the molecule is COc1ccc(/C=N/N2CCCCC2C(=O)N2c3ccc(Cl)cc3NC(=O)c3ccccc32)cc1OC(F)F. The summed E-state index contributed by atoms with van der Waals surface area (Å²) in [5.74, 6) is -0.545. The van der Waals surface area contributed by atoms with Crippen LogP contribution in [0.4, 0.5) is 25.8 Å². The second-order valence-corrected chi connectivity index (χ2v) is 9.45. The average molecular weight is 555 g/mol. The summed E-state index contributed by atoms with van der Waals surface area (Å²) in [6.45, 7) is -2.49. The number of benzene rings is 3. The number of carbonyl (C=O) groups excluding carboxylic acids is 2. The molecule has 11 heteroatoms. The van der Waals surface area contributed by atoms with Gasteiger partial charge in [0, 0.05) is 11.6 Å². The molecule has 1 saturated heterocycles. The molecule has 0 aliphatic carbocycles. The van der Waals surface area contributed by atoms with Crippen molar-refractivity contribution in [3.63, 3.8) is 0 Å². The van der Waals surface area contributed by atoms with Crippen LogP contribution in [-0.2, 0) is 4.79 Å². The Morgan fingerprint density at radius 1 is 1.10 bits per heavy atom. The van der Waals surface area contributed by atoms with Gasteiger partial charge in [0.1, 0.15) is 6.04 Å². The second kappa shape index (κ2) is 11.3. The highest BCUT2D eigenvalue weighted by Crippen LogP contribution is 2.40. The van der Waals surface area contributed by atoms with Crippen molar-refractivity contribution in [1.29, 1.82) is 0 Å². The zero-order valence-electron chi connectivity index (χ0n) is 20.9. The molecule has 1 fully saturated rings. The van der Waals surface area contributed by atoms with Crippen LogP contribution in [0.1, 0.15) is 35.2 Å². The quantitative estimate of drug-likeness (QED) is 0.374. The smallest absolute Gasteiger partial charge is 0.387 e. The van der Waals surface area contributed by atoms with Crippen LogP contribution in [0, 0.1) is 0 Å². The highest BCUT2D eigenvalue weighted by molar-refractivity contribution is 6.31. The second-order valence-electron chi connectivity index (χ2n) is 9.01. The number of nitrogens with one attached hydrogen (secondary N) is 1. The molecule has 5 rings (SSSR count). The molecule has 2 heterocycles. The lowest BCUT2D eigenvalue weighted by atomic mass is 10.0. The first-order chi connectivity index (χ1) is 18.9. The molecule has 1 N–H and O–H groups in total. The van der Waals surface area contributed by atoms with E-state index in [1.807, 2.05) is 0 Å². The van der Waals surface area contributed by atoms with E-state index in [9.17, 15) is 18.4 Å². The summed E-state index contributed by atoms with van der Waals surface area (Å²) in [4.78, 5) is 28.8. The summed E-state index contributed by atoms with van der Waals surface area (Å²) in [5, 5.41) is 9.54. The van der Waals surface area contributed by atoms with Crippen molar-refractivity contribution in [3.05, 3.63) is 76.8 Å². The number of halogens is 3. The van der Waals surface area contributed by atoms with Crippen LogP contribution in [0.2, 0.25) is 5.02 Å². The van der Waals surface area contributed by atoms with Gasteiger partial charge < -0.3 is 14.8 Å². The van der Waals surface area contributed by atoms with Crippen LogP contribution in [0.5, 0.6) is 11.5 Å². The normalized spacial score (nSPS) is 16.9. The van der Waals surface area contributed by atoms with Crippen molar-refractivity contribution >= 4 is 46.7 Å². The van der Waals surface area contributed by atoms with Crippen molar-refractivity contribution in [2.75, 3.05) is 23.9 Å². The number of rotatable bonds is 6. The fourth-order valence-electron chi connectivity index (χ4n) is 4.78. The molecule has 2 aliphatic heterocycles. The van der Waals surface area contributed by atoms with Crippen LogP contribution >= 0.6 is 11.6 Å². The Morgan fingerprint density at radius 3 is 2.72 bits per heavy atom. The maximum absolute atomic E-state index is 14.2. The summed E-state index contributed by atoms with van der Waals surface area (Å²) in [7, 11) is 1.36. The van der Waals surface area contributed by atoms with Gasteiger partial charge >= 0.3 is 6.61 Å². The summed E-state index contributed by atoms with van der Waals surface area (Å²) >= 11 is 6.20. The predicted molar refractivity (Wildman–Crippen MR) is 145 cm³/mol. The molecule has 0 bridgehead atoms. The molecule has 3 aromatic rings.